The highest BCUT2D eigenvalue weighted by molar-refractivity contribution is 7.09. The molecule has 0 saturated carbocycles. The quantitative estimate of drug-likeness (QED) is 0.0498. The Balaban J connectivity index is 2.61. The Kier molecular flexibility index (Phi) is 34.6. The van der Waals surface area contributed by atoms with Crippen molar-refractivity contribution >= 4 is 20.1 Å². The summed E-state index contributed by atoms with van der Waals surface area (Å²) in [4.78, 5) is 1.47. The van der Waals surface area contributed by atoms with Gasteiger partial charge in [0.05, 0.1) is 0 Å². The third-order valence-electron chi connectivity index (χ3n) is 10.2. The van der Waals surface area contributed by atoms with Gasteiger partial charge in [-0.25, -0.2) is 0 Å². The lowest BCUT2D eigenvalue weighted by Gasteiger charge is -2.32. The predicted octanol–water partition coefficient (Wildman–Crippen LogP) is 15.7. The van der Waals surface area contributed by atoms with Crippen LogP contribution in [0.4, 0.5) is 0 Å². The molecular formula is C44H86O3SSi. The first-order chi connectivity index (χ1) is 24.2. The zero-order valence-corrected chi connectivity index (χ0v) is 35.5. The highest BCUT2D eigenvalue weighted by Gasteiger charge is 2.42. The van der Waals surface area contributed by atoms with Gasteiger partial charge in [-0.05, 0) is 43.0 Å². The van der Waals surface area contributed by atoms with Gasteiger partial charge < -0.3 is 13.3 Å². The summed E-state index contributed by atoms with van der Waals surface area (Å²) in [5, 5.41) is 2.21. The van der Waals surface area contributed by atoms with Gasteiger partial charge in [0, 0.05) is 30.7 Å². The maximum absolute atomic E-state index is 6.87. The molecule has 1 heterocycles. The van der Waals surface area contributed by atoms with Crippen LogP contribution in [0.3, 0.4) is 0 Å². The number of thiophene rings is 1. The molecule has 0 aromatic carbocycles. The summed E-state index contributed by atoms with van der Waals surface area (Å²) in [6, 6.07) is 5.41. The molecule has 5 heteroatoms. The van der Waals surface area contributed by atoms with Crippen molar-refractivity contribution in [1.82, 2.24) is 0 Å². The van der Waals surface area contributed by atoms with E-state index in [1.807, 2.05) is 11.3 Å². The summed E-state index contributed by atoms with van der Waals surface area (Å²) in [5.74, 6) is 0.499. The minimum atomic E-state index is -2.77. The van der Waals surface area contributed by atoms with Crippen molar-refractivity contribution in [3.63, 3.8) is 0 Å². The van der Waals surface area contributed by atoms with Crippen molar-refractivity contribution in [1.29, 1.82) is 0 Å². The fraction of sp³-hybridized carbons (Fsp3) is 0.909. The van der Waals surface area contributed by atoms with Gasteiger partial charge in [0.15, 0.2) is 0 Å². The van der Waals surface area contributed by atoms with E-state index in [9.17, 15) is 0 Å². The molecule has 0 aliphatic rings. The van der Waals surface area contributed by atoms with Crippen molar-refractivity contribution in [2.24, 2.45) is 5.92 Å². The van der Waals surface area contributed by atoms with Crippen molar-refractivity contribution in [3.8, 4) is 0 Å². The summed E-state index contributed by atoms with van der Waals surface area (Å²) in [7, 11) is -2.77. The average molecular weight is 723 g/mol. The molecule has 1 rings (SSSR count). The van der Waals surface area contributed by atoms with Gasteiger partial charge in [-0.2, -0.15) is 0 Å². The molecular weight excluding hydrogens is 637 g/mol. The van der Waals surface area contributed by atoms with Crippen LogP contribution in [0.15, 0.2) is 17.5 Å². The molecule has 0 fully saturated rings. The van der Waals surface area contributed by atoms with Gasteiger partial charge in [0.25, 0.3) is 0 Å². The number of hydrogen-bond donors (Lipinski definition) is 0. The Morgan fingerprint density at radius 2 is 0.776 bits per heavy atom. The Hall–Kier alpha value is -0.203. The van der Waals surface area contributed by atoms with Gasteiger partial charge in [0.2, 0.25) is 0 Å². The second-order valence-corrected chi connectivity index (χ2v) is 19.0. The van der Waals surface area contributed by atoms with E-state index in [1.165, 1.54) is 178 Å². The van der Waals surface area contributed by atoms with E-state index in [0.717, 1.165) is 51.5 Å². The lowest BCUT2D eigenvalue weighted by Crippen LogP contribution is -2.48. The lowest BCUT2D eigenvalue weighted by molar-refractivity contribution is 0.0519. The third kappa shape index (κ3) is 30.0. The van der Waals surface area contributed by atoms with Crippen LogP contribution < -0.4 is 0 Å². The topological polar surface area (TPSA) is 27.7 Å². The normalized spacial score (nSPS) is 12.7. The van der Waals surface area contributed by atoms with Crippen LogP contribution in [0.5, 0.6) is 0 Å². The van der Waals surface area contributed by atoms with Crippen LogP contribution in [-0.2, 0) is 19.7 Å². The number of rotatable bonds is 40. The second-order valence-electron chi connectivity index (χ2n) is 15.4. The molecule has 49 heavy (non-hydrogen) atoms. The Morgan fingerprint density at radius 3 is 1.06 bits per heavy atom. The van der Waals surface area contributed by atoms with Crippen molar-refractivity contribution in [3.05, 3.63) is 22.4 Å². The maximum Gasteiger partial charge on any atom is 0.501 e. The fourth-order valence-electron chi connectivity index (χ4n) is 7.02. The van der Waals surface area contributed by atoms with Crippen LogP contribution >= 0.6 is 11.3 Å². The van der Waals surface area contributed by atoms with Crippen LogP contribution in [0.1, 0.15) is 225 Å². The van der Waals surface area contributed by atoms with Gasteiger partial charge in [-0.3, -0.25) is 0 Å². The molecule has 3 nitrogen and oxygen atoms in total. The summed E-state index contributed by atoms with van der Waals surface area (Å²) in [6.07, 6.45) is 41.5. The molecule has 0 saturated heterocycles. The highest BCUT2D eigenvalue weighted by Crippen LogP contribution is 2.27. The molecule has 0 aliphatic heterocycles. The zero-order chi connectivity index (χ0) is 35.4. The van der Waals surface area contributed by atoms with Crippen LogP contribution in [0.25, 0.3) is 0 Å². The summed E-state index contributed by atoms with van der Waals surface area (Å²) in [5.41, 5.74) is 0. The minimum Gasteiger partial charge on any atom is -0.373 e. The molecule has 290 valence electrons. The first kappa shape index (κ1) is 46.8. The lowest BCUT2D eigenvalue weighted by atomic mass is 10.1. The number of unbranched alkanes of at least 4 members (excludes halogenated alkanes) is 27. The van der Waals surface area contributed by atoms with Crippen molar-refractivity contribution in [2.45, 2.75) is 233 Å². The van der Waals surface area contributed by atoms with Gasteiger partial charge >= 0.3 is 8.80 Å². The maximum atomic E-state index is 6.87. The SMILES string of the molecule is CCCCCCCCCCCCO[Si](CC(C)Cc1cccs1)(OCCCCCCCCCCCC)OCCCCCCCCCCCC. The van der Waals surface area contributed by atoms with Crippen LogP contribution in [-0.4, -0.2) is 28.6 Å². The van der Waals surface area contributed by atoms with E-state index in [-0.39, 0.29) is 0 Å². The van der Waals surface area contributed by atoms with E-state index in [1.54, 1.807) is 0 Å². The molecule has 1 atom stereocenters. The first-order valence-corrected chi connectivity index (χ1v) is 24.9. The first-order valence-electron chi connectivity index (χ1n) is 22.1. The van der Waals surface area contributed by atoms with Crippen molar-refractivity contribution in [2.75, 3.05) is 19.8 Å². The smallest absolute Gasteiger partial charge is 0.373 e. The number of hydrogen-bond acceptors (Lipinski definition) is 4. The molecule has 1 aromatic heterocycles. The molecule has 0 bridgehead atoms. The Labute approximate surface area is 313 Å². The molecule has 1 aromatic rings. The molecule has 0 aliphatic carbocycles. The predicted molar refractivity (Wildman–Crippen MR) is 221 cm³/mol. The molecule has 0 radical (unpaired) electrons. The van der Waals surface area contributed by atoms with Gasteiger partial charge in [-0.15, -0.1) is 11.3 Å². The highest BCUT2D eigenvalue weighted by atomic mass is 32.1. The van der Waals surface area contributed by atoms with E-state index in [4.69, 9.17) is 13.3 Å². The molecule has 0 spiro atoms. The fourth-order valence-corrected chi connectivity index (χ4v) is 10.9. The second kappa shape index (κ2) is 36.2. The van der Waals surface area contributed by atoms with Gasteiger partial charge in [-0.1, -0.05) is 207 Å². The van der Waals surface area contributed by atoms with Crippen LogP contribution in [0, 0.1) is 5.92 Å². The summed E-state index contributed by atoms with van der Waals surface area (Å²) in [6.45, 7) is 11.7. The Bertz CT molecular complexity index is 693. The Morgan fingerprint density at radius 1 is 0.469 bits per heavy atom. The largest absolute Gasteiger partial charge is 0.501 e. The van der Waals surface area contributed by atoms with E-state index < -0.39 is 8.80 Å². The summed E-state index contributed by atoms with van der Waals surface area (Å²) < 4.78 is 20.6. The van der Waals surface area contributed by atoms with E-state index in [0.29, 0.717) is 5.92 Å². The molecule has 0 N–H and O–H groups in total. The standard InChI is InChI=1S/C44H86O3SSi/c1-5-8-11-14-17-20-23-26-29-32-37-45-49(42-43(4)41-44-36-35-40-48-44,46-38-33-30-27-24-21-18-15-12-9-6-2)47-39-34-31-28-25-22-19-16-13-10-7-3/h35-36,40,43H,5-34,37-39,41-42H2,1-4H3. The summed E-state index contributed by atoms with van der Waals surface area (Å²) >= 11 is 1.88. The zero-order valence-electron chi connectivity index (χ0n) is 33.7. The van der Waals surface area contributed by atoms with Crippen molar-refractivity contribution < 1.29 is 13.3 Å². The van der Waals surface area contributed by atoms with Crippen LogP contribution in [0.2, 0.25) is 6.04 Å². The molecule has 1 unspecified atom stereocenters. The minimum absolute atomic E-state index is 0.499. The van der Waals surface area contributed by atoms with E-state index in [2.05, 4.69) is 45.2 Å². The molecule has 0 amide bonds. The van der Waals surface area contributed by atoms with Gasteiger partial charge in [0.1, 0.15) is 0 Å². The van der Waals surface area contributed by atoms with E-state index >= 15 is 0 Å². The monoisotopic (exact) mass is 723 g/mol. The average Bonchev–Trinajstić information content (AvgIpc) is 3.61. The third-order valence-corrected chi connectivity index (χ3v) is 14.2.